The summed E-state index contributed by atoms with van der Waals surface area (Å²) in [5.41, 5.74) is 2.25. The number of carbonyl (C=O) groups is 2. The molecule has 12 heteroatoms. The van der Waals surface area contributed by atoms with Gasteiger partial charge in [-0.15, -0.1) is 0 Å². The van der Waals surface area contributed by atoms with Crippen molar-refractivity contribution >= 4 is 35.0 Å². The zero-order chi connectivity index (χ0) is 26.8. The molecular weight excluding hydrogens is 531 g/mol. The molecule has 0 spiro atoms. The van der Waals surface area contributed by atoms with Crippen LogP contribution in [0.5, 0.6) is 0 Å². The fourth-order valence-electron chi connectivity index (χ4n) is 4.29. The fraction of sp³-hybridized carbons (Fsp3) is 0.154. The first-order chi connectivity index (χ1) is 18.3. The molecule has 38 heavy (non-hydrogen) atoms. The van der Waals surface area contributed by atoms with Crippen LogP contribution in [-0.4, -0.2) is 41.6 Å². The molecule has 0 radical (unpaired) electrons. The number of halogens is 2. The maximum atomic E-state index is 12.2. The first-order valence-electron chi connectivity index (χ1n) is 11.5. The van der Waals surface area contributed by atoms with E-state index in [-0.39, 0.29) is 34.5 Å². The van der Waals surface area contributed by atoms with Crippen molar-refractivity contribution in [2.45, 2.75) is 26.2 Å². The van der Waals surface area contributed by atoms with E-state index in [2.05, 4.69) is 19.9 Å². The lowest BCUT2D eigenvalue weighted by molar-refractivity contribution is 0.0755. The third kappa shape index (κ3) is 5.22. The highest BCUT2D eigenvalue weighted by atomic mass is 35.5. The molecule has 192 valence electrons. The normalized spacial score (nSPS) is 13.7. The van der Waals surface area contributed by atoms with Gasteiger partial charge in [-0.2, -0.15) is 0 Å². The molecule has 2 aromatic carbocycles. The van der Waals surface area contributed by atoms with Crippen LogP contribution in [-0.2, 0) is 26.2 Å². The number of carbonyl (C=O) groups excluding carboxylic acids is 2. The van der Waals surface area contributed by atoms with Crippen molar-refractivity contribution in [2.75, 3.05) is 0 Å². The molecule has 6 rings (SSSR count). The molecule has 2 amide bonds. The van der Waals surface area contributed by atoms with Crippen LogP contribution in [0.3, 0.4) is 0 Å². The summed E-state index contributed by atoms with van der Waals surface area (Å²) in [7, 11) is 0. The molecule has 2 aromatic heterocycles. The standard InChI is InChI=1S/C13H9Cl2N3O.C13H11N3O3/c14-11-9-7-18(6-8-4-2-1-3-5-8)12(19)10(9)16-13(15)17-11;17-11-9-7-16(6-8-4-2-1-3-5-8)12(18)10(9)14-13(19)15-11/h1-5H,6-7H2;1-5H,6-7H2,(H2,14,15,17,19). The first kappa shape index (κ1) is 25.4. The predicted octanol–water partition coefficient (Wildman–Crippen LogP) is 3.16. The molecule has 2 aliphatic heterocycles. The Hall–Kier alpha value is -4.28. The van der Waals surface area contributed by atoms with Gasteiger partial charge in [0.2, 0.25) is 5.28 Å². The van der Waals surface area contributed by atoms with Crippen LogP contribution in [0.15, 0.2) is 70.3 Å². The fourth-order valence-corrected chi connectivity index (χ4v) is 4.73. The van der Waals surface area contributed by atoms with Gasteiger partial charge in [-0.3, -0.25) is 19.4 Å². The van der Waals surface area contributed by atoms with E-state index in [1.54, 1.807) is 4.90 Å². The molecule has 0 fully saturated rings. The molecule has 10 nitrogen and oxygen atoms in total. The number of hydrogen-bond donors (Lipinski definition) is 2. The monoisotopic (exact) mass is 550 g/mol. The number of amides is 2. The van der Waals surface area contributed by atoms with Crippen LogP contribution in [0, 0.1) is 0 Å². The van der Waals surface area contributed by atoms with E-state index in [9.17, 15) is 19.2 Å². The average molecular weight is 551 g/mol. The van der Waals surface area contributed by atoms with Gasteiger partial charge in [0.15, 0.2) is 0 Å². The third-order valence-electron chi connectivity index (χ3n) is 6.09. The second-order valence-electron chi connectivity index (χ2n) is 8.67. The Kier molecular flexibility index (Phi) is 7.08. The van der Waals surface area contributed by atoms with Gasteiger partial charge in [-0.05, 0) is 22.7 Å². The van der Waals surface area contributed by atoms with Crippen LogP contribution in [0.4, 0.5) is 0 Å². The van der Waals surface area contributed by atoms with Gasteiger partial charge in [0.05, 0.1) is 18.7 Å². The van der Waals surface area contributed by atoms with Gasteiger partial charge in [-0.1, -0.05) is 72.3 Å². The Bertz CT molecular complexity index is 1640. The molecule has 4 heterocycles. The Labute approximate surface area is 225 Å². The molecule has 0 unspecified atom stereocenters. The molecule has 0 aliphatic carbocycles. The van der Waals surface area contributed by atoms with Gasteiger partial charge in [0.25, 0.3) is 17.4 Å². The summed E-state index contributed by atoms with van der Waals surface area (Å²) in [6.45, 7) is 1.56. The Morgan fingerprint density at radius 2 is 1.26 bits per heavy atom. The van der Waals surface area contributed by atoms with Crippen molar-refractivity contribution in [3.63, 3.8) is 0 Å². The third-order valence-corrected chi connectivity index (χ3v) is 6.57. The smallest absolute Gasteiger partial charge is 0.326 e. The lowest BCUT2D eigenvalue weighted by Crippen LogP contribution is -2.26. The number of aromatic amines is 2. The summed E-state index contributed by atoms with van der Waals surface area (Å²) in [6, 6.07) is 19.2. The zero-order valence-corrected chi connectivity index (χ0v) is 21.3. The molecule has 0 bridgehead atoms. The minimum absolute atomic E-state index is 0.00124. The number of H-pyrrole nitrogens is 2. The highest BCUT2D eigenvalue weighted by molar-refractivity contribution is 6.33. The molecule has 4 aromatic rings. The quantitative estimate of drug-likeness (QED) is 0.296. The topological polar surface area (TPSA) is 132 Å². The molecule has 2 aliphatic rings. The van der Waals surface area contributed by atoms with Gasteiger partial charge in [0, 0.05) is 18.7 Å². The van der Waals surface area contributed by atoms with E-state index in [4.69, 9.17) is 23.2 Å². The van der Waals surface area contributed by atoms with Gasteiger partial charge >= 0.3 is 5.69 Å². The zero-order valence-electron chi connectivity index (χ0n) is 19.8. The van der Waals surface area contributed by atoms with Crippen LogP contribution >= 0.6 is 23.2 Å². The maximum Gasteiger partial charge on any atom is 0.326 e. The lowest BCUT2D eigenvalue weighted by Gasteiger charge is -2.14. The number of nitrogens with zero attached hydrogens (tertiary/aromatic N) is 4. The number of rotatable bonds is 4. The SMILES string of the molecule is O=C1c2[nH]c(=O)[nH]c(=O)c2CN1Cc1ccccc1.O=C1c2nc(Cl)nc(Cl)c2CN1Cc1ccccc1. The van der Waals surface area contributed by atoms with E-state index in [1.807, 2.05) is 60.7 Å². The van der Waals surface area contributed by atoms with Gasteiger partial charge in [-0.25, -0.2) is 14.8 Å². The Morgan fingerprint density at radius 3 is 1.87 bits per heavy atom. The van der Waals surface area contributed by atoms with Crippen LogP contribution in [0.1, 0.15) is 43.2 Å². The average Bonchev–Trinajstić information content (AvgIpc) is 3.38. The van der Waals surface area contributed by atoms with Crippen molar-refractivity contribution in [1.29, 1.82) is 0 Å². The number of nitrogens with one attached hydrogen (secondary N) is 2. The summed E-state index contributed by atoms with van der Waals surface area (Å²) >= 11 is 11.7. The van der Waals surface area contributed by atoms with Crippen molar-refractivity contribution < 1.29 is 9.59 Å². The molecule has 2 N–H and O–H groups in total. The van der Waals surface area contributed by atoms with Crippen molar-refractivity contribution in [3.05, 3.63) is 126 Å². The van der Waals surface area contributed by atoms with E-state index in [0.717, 1.165) is 11.1 Å². The minimum atomic E-state index is -0.654. The molecule has 0 atom stereocenters. The van der Waals surface area contributed by atoms with Crippen LogP contribution < -0.4 is 11.2 Å². The van der Waals surface area contributed by atoms with Gasteiger partial charge < -0.3 is 14.8 Å². The number of fused-ring (bicyclic) bond motifs is 2. The number of aromatic nitrogens is 4. The largest absolute Gasteiger partial charge is 0.328 e. The highest BCUT2D eigenvalue weighted by Gasteiger charge is 2.32. The second kappa shape index (κ2) is 10.6. The van der Waals surface area contributed by atoms with Crippen molar-refractivity contribution in [2.24, 2.45) is 0 Å². The summed E-state index contributed by atoms with van der Waals surface area (Å²) in [5.74, 6) is -0.480. The summed E-state index contributed by atoms with van der Waals surface area (Å²) in [5, 5.41) is 0.248. The number of benzene rings is 2. The molecule has 0 saturated carbocycles. The Balaban J connectivity index is 0.000000155. The first-order valence-corrected chi connectivity index (χ1v) is 12.3. The van der Waals surface area contributed by atoms with E-state index < -0.39 is 11.2 Å². The predicted molar refractivity (Wildman–Crippen MR) is 140 cm³/mol. The lowest BCUT2D eigenvalue weighted by atomic mass is 10.2. The summed E-state index contributed by atoms with van der Waals surface area (Å²) in [4.78, 5) is 62.7. The minimum Gasteiger partial charge on any atom is -0.328 e. The van der Waals surface area contributed by atoms with Crippen molar-refractivity contribution in [3.8, 4) is 0 Å². The van der Waals surface area contributed by atoms with E-state index >= 15 is 0 Å². The summed E-state index contributed by atoms with van der Waals surface area (Å²) < 4.78 is 0. The van der Waals surface area contributed by atoms with Gasteiger partial charge in [0.1, 0.15) is 16.5 Å². The Morgan fingerprint density at radius 1 is 0.711 bits per heavy atom. The van der Waals surface area contributed by atoms with Crippen LogP contribution in [0.25, 0.3) is 0 Å². The maximum absolute atomic E-state index is 12.2. The highest BCUT2D eigenvalue weighted by Crippen LogP contribution is 2.28. The number of hydrogen-bond acceptors (Lipinski definition) is 6. The van der Waals surface area contributed by atoms with E-state index in [1.165, 1.54) is 4.90 Å². The molecule has 0 saturated heterocycles. The molecular formula is C26H20Cl2N6O4. The second-order valence-corrected chi connectivity index (χ2v) is 9.36. The van der Waals surface area contributed by atoms with Crippen molar-refractivity contribution in [1.82, 2.24) is 29.7 Å². The van der Waals surface area contributed by atoms with Crippen LogP contribution in [0.2, 0.25) is 10.4 Å². The van der Waals surface area contributed by atoms with E-state index in [0.29, 0.717) is 36.5 Å². The summed E-state index contributed by atoms with van der Waals surface area (Å²) in [6.07, 6.45) is 0.